The number of alkyl halides is 1. The number of benzene rings is 2. The molecule has 0 bridgehead atoms. The maximum absolute atomic E-state index is 15.2. The standard InChI is InChI=1S/C23H18F3N3O3S/c1-2-13-9-16-17(12-28-23(16)27-11-13)22(30)20-18(25)7-8-19(21(20)26)29-33(31,32)15-5-3-14(10-24)4-6-15/h3-9,11-12,29H,2,10H2,1H3,(H,27,28). The summed E-state index contributed by atoms with van der Waals surface area (Å²) in [4.78, 5) is 19.8. The quantitative estimate of drug-likeness (QED) is 0.373. The summed E-state index contributed by atoms with van der Waals surface area (Å²) in [6.45, 7) is 1.13. The lowest BCUT2D eigenvalue weighted by molar-refractivity contribution is 0.103. The number of carbonyl (C=O) groups is 1. The van der Waals surface area contributed by atoms with Crippen LogP contribution in [-0.4, -0.2) is 24.2 Å². The maximum Gasteiger partial charge on any atom is 0.261 e. The first-order valence-corrected chi connectivity index (χ1v) is 11.4. The Balaban J connectivity index is 1.73. The highest BCUT2D eigenvalue weighted by molar-refractivity contribution is 7.92. The van der Waals surface area contributed by atoms with Crippen molar-refractivity contribution in [3.8, 4) is 0 Å². The Kier molecular flexibility index (Phi) is 5.94. The lowest BCUT2D eigenvalue weighted by Crippen LogP contribution is -2.16. The maximum atomic E-state index is 15.2. The normalized spacial score (nSPS) is 11.6. The number of aromatic nitrogens is 2. The Morgan fingerprint density at radius 3 is 2.48 bits per heavy atom. The highest BCUT2D eigenvalue weighted by atomic mass is 32.2. The van der Waals surface area contributed by atoms with E-state index < -0.39 is 45.4 Å². The first-order valence-electron chi connectivity index (χ1n) is 9.91. The zero-order chi connectivity index (χ0) is 23.8. The molecule has 0 aliphatic heterocycles. The topological polar surface area (TPSA) is 91.9 Å². The van der Waals surface area contributed by atoms with E-state index in [2.05, 4.69) is 9.97 Å². The number of nitrogens with one attached hydrogen (secondary N) is 2. The van der Waals surface area contributed by atoms with Crippen molar-refractivity contribution in [2.75, 3.05) is 4.72 Å². The van der Waals surface area contributed by atoms with Gasteiger partial charge in [-0.1, -0.05) is 19.1 Å². The molecule has 0 saturated carbocycles. The lowest BCUT2D eigenvalue weighted by Gasteiger charge is -2.12. The summed E-state index contributed by atoms with van der Waals surface area (Å²) in [7, 11) is -4.28. The van der Waals surface area contributed by atoms with Crippen molar-refractivity contribution in [3.05, 3.63) is 88.7 Å². The third-order valence-electron chi connectivity index (χ3n) is 5.19. The zero-order valence-corrected chi connectivity index (χ0v) is 18.1. The van der Waals surface area contributed by atoms with Gasteiger partial charge in [0.05, 0.1) is 16.1 Å². The number of hydrogen-bond donors (Lipinski definition) is 2. The van der Waals surface area contributed by atoms with Gasteiger partial charge >= 0.3 is 0 Å². The fraction of sp³-hybridized carbons (Fsp3) is 0.130. The van der Waals surface area contributed by atoms with Crippen molar-refractivity contribution in [2.24, 2.45) is 0 Å². The lowest BCUT2D eigenvalue weighted by atomic mass is 10.0. The number of sulfonamides is 1. The number of ketones is 1. The first-order chi connectivity index (χ1) is 15.7. The van der Waals surface area contributed by atoms with Gasteiger partial charge in [0.25, 0.3) is 10.0 Å². The highest BCUT2D eigenvalue weighted by Crippen LogP contribution is 2.28. The van der Waals surface area contributed by atoms with Crippen LogP contribution in [-0.2, 0) is 23.1 Å². The van der Waals surface area contributed by atoms with Gasteiger partial charge in [0, 0.05) is 23.3 Å². The molecule has 4 rings (SSSR count). The molecule has 0 fully saturated rings. The van der Waals surface area contributed by atoms with Crippen molar-refractivity contribution >= 4 is 32.5 Å². The minimum Gasteiger partial charge on any atom is -0.345 e. The van der Waals surface area contributed by atoms with Gasteiger partial charge in [-0.2, -0.15) is 0 Å². The monoisotopic (exact) mass is 473 g/mol. The van der Waals surface area contributed by atoms with Gasteiger partial charge in [-0.05, 0) is 47.9 Å². The average Bonchev–Trinajstić information content (AvgIpc) is 3.24. The molecular formula is C23H18F3N3O3S. The van der Waals surface area contributed by atoms with E-state index in [1.165, 1.54) is 18.3 Å². The number of pyridine rings is 1. The number of nitrogens with zero attached hydrogens (tertiary/aromatic N) is 1. The largest absolute Gasteiger partial charge is 0.345 e. The molecule has 33 heavy (non-hydrogen) atoms. The van der Waals surface area contributed by atoms with Crippen molar-refractivity contribution in [1.29, 1.82) is 0 Å². The molecule has 0 saturated heterocycles. The molecule has 2 N–H and O–H groups in total. The second-order valence-corrected chi connectivity index (χ2v) is 8.97. The third-order valence-corrected chi connectivity index (χ3v) is 6.57. The fourth-order valence-electron chi connectivity index (χ4n) is 3.36. The van der Waals surface area contributed by atoms with Gasteiger partial charge in [0.15, 0.2) is 5.82 Å². The number of aryl methyl sites for hydroxylation is 1. The summed E-state index contributed by atoms with van der Waals surface area (Å²) in [5.41, 5.74) is -0.00342. The summed E-state index contributed by atoms with van der Waals surface area (Å²) >= 11 is 0. The van der Waals surface area contributed by atoms with Crippen LogP contribution in [0.2, 0.25) is 0 Å². The van der Waals surface area contributed by atoms with E-state index in [9.17, 15) is 22.0 Å². The van der Waals surface area contributed by atoms with Crippen LogP contribution >= 0.6 is 0 Å². The van der Waals surface area contributed by atoms with E-state index >= 15 is 4.39 Å². The van der Waals surface area contributed by atoms with Gasteiger partial charge in [-0.3, -0.25) is 9.52 Å². The van der Waals surface area contributed by atoms with Crippen LogP contribution in [0, 0.1) is 11.6 Å². The smallest absolute Gasteiger partial charge is 0.261 e. The predicted molar refractivity (Wildman–Crippen MR) is 117 cm³/mol. The molecule has 10 heteroatoms. The van der Waals surface area contributed by atoms with E-state index in [0.29, 0.717) is 17.5 Å². The molecule has 0 amide bonds. The summed E-state index contributed by atoms with van der Waals surface area (Å²) < 4.78 is 69.7. The minimum atomic E-state index is -4.28. The average molecular weight is 473 g/mol. The van der Waals surface area contributed by atoms with E-state index in [0.717, 1.165) is 29.8 Å². The number of halogens is 3. The molecule has 0 aliphatic rings. The summed E-state index contributed by atoms with van der Waals surface area (Å²) in [5.74, 6) is -3.45. The summed E-state index contributed by atoms with van der Waals surface area (Å²) in [6.07, 6.45) is 3.58. The molecular weight excluding hydrogens is 455 g/mol. The molecule has 0 aliphatic carbocycles. The molecule has 170 valence electrons. The molecule has 2 heterocycles. The first kappa shape index (κ1) is 22.5. The number of aromatic amines is 1. The molecule has 0 atom stereocenters. The Bertz CT molecular complexity index is 1470. The second-order valence-electron chi connectivity index (χ2n) is 7.29. The van der Waals surface area contributed by atoms with Crippen LogP contribution in [0.1, 0.15) is 34.0 Å². The predicted octanol–water partition coefficient (Wildman–Crippen LogP) is 4.90. The Morgan fingerprint density at radius 1 is 1.09 bits per heavy atom. The minimum absolute atomic E-state index is 0.00687. The molecule has 6 nitrogen and oxygen atoms in total. The molecule has 2 aromatic carbocycles. The number of rotatable bonds is 7. The number of anilines is 1. The number of fused-ring (bicyclic) bond motifs is 1. The van der Waals surface area contributed by atoms with Gasteiger partial charge in [-0.15, -0.1) is 0 Å². The van der Waals surface area contributed by atoms with E-state index in [1.54, 1.807) is 12.3 Å². The molecule has 4 aromatic rings. The van der Waals surface area contributed by atoms with Crippen molar-refractivity contribution in [3.63, 3.8) is 0 Å². The Labute approximate surface area is 187 Å². The SMILES string of the molecule is CCc1cnc2[nH]cc(C(=O)c3c(F)ccc(NS(=O)(=O)c4ccc(CF)cc4)c3F)c2c1. The van der Waals surface area contributed by atoms with E-state index in [-0.39, 0.29) is 16.0 Å². The number of carbonyl (C=O) groups excluding carboxylic acids is 1. The number of hydrogen-bond acceptors (Lipinski definition) is 4. The second kappa shape index (κ2) is 8.70. The molecule has 0 spiro atoms. The molecule has 2 aromatic heterocycles. The molecule has 0 unspecified atom stereocenters. The highest BCUT2D eigenvalue weighted by Gasteiger charge is 2.26. The van der Waals surface area contributed by atoms with Crippen LogP contribution in [0.3, 0.4) is 0 Å². The fourth-order valence-corrected chi connectivity index (χ4v) is 4.42. The summed E-state index contributed by atoms with van der Waals surface area (Å²) in [5, 5.41) is 0.400. The Hall–Kier alpha value is -3.66. The van der Waals surface area contributed by atoms with Crippen LogP contribution < -0.4 is 4.72 Å². The van der Waals surface area contributed by atoms with E-state index in [4.69, 9.17) is 0 Å². The number of H-pyrrole nitrogens is 1. The van der Waals surface area contributed by atoms with Gasteiger partial charge < -0.3 is 4.98 Å². The Morgan fingerprint density at radius 2 is 1.82 bits per heavy atom. The summed E-state index contributed by atoms with van der Waals surface area (Å²) in [6, 6.07) is 8.28. The van der Waals surface area contributed by atoms with Gasteiger partial charge in [-0.25, -0.2) is 26.6 Å². The van der Waals surface area contributed by atoms with Crippen LogP contribution in [0.25, 0.3) is 11.0 Å². The van der Waals surface area contributed by atoms with Gasteiger partial charge in [0.2, 0.25) is 5.78 Å². The van der Waals surface area contributed by atoms with Gasteiger partial charge in [0.1, 0.15) is 18.1 Å². The van der Waals surface area contributed by atoms with Crippen molar-refractivity contribution < 1.29 is 26.4 Å². The molecule has 0 radical (unpaired) electrons. The van der Waals surface area contributed by atoms with E-state index in [1.807, 2.05) is 11.6 Å². The third kappa shape index (κ3) is 4.21. The van der Waals surface area contributed by atoms with Crippen molar-refractivity contribution in [2.45, 2.75) is 24.9 Å². The van der Waals surface area contributed by atoms with Crippen LogP contribution in [0.15, 0.2) is 59.8 Å². The van der Waals surface area contributed by atoms with Crippen LogP contribution in [0.4, 0.5) is 18.9 Å². The zero-order valence-electron chi connectivity index (χ0n) is 17.3. The van der Waals surface area contributed by atoms with Crippen LogP contribution in [0.5, 0.6) is 0 Å². The van der Waals surface area contributed by atoms with Crippen molar-refractivity contribution in [1.82, 2.24) is 9.97 Å².